The van der Waals surface area contributed by atoms with Gasteiger partial charge in [0.05, 0.1) is 12.1 Å². The van der Waals surface area contributed by atoms with E-state index in [-0.39, 0.29) is 18.3 Å². The van der Waals surface area contributed by atoms with Gasteiger partial charge >= 0.3 is 5.69 Å². The molecule has 1 aliphatic rings. The molecule has 9 heteroatoms. The second kappa shape index (κ2) is 9.44. The molecule has 1 saturated carbocycles. The summed E-state index contributed by atoms with van der Waals surface area (Å²) in [6.07, 6.45) is 5.37. The highest BCUT2D eigenvalue weighted by Crippen LogP contribution is 2.31. The van der Waals surface area contributed by atoms with Crippen molar-refractivity contribution in [3.8, 4) is 0 Å². The monoisotopic (exact) mass is 452 g/mol. The molecule has 0 radical (unpaired) electrons. The number of nitrogens with two attached hydrogens (primary N) is 1. The summed E-state index contributed by atoms with van der Waals surface area (Å²) in [6.45, 7) is 0.239. The first-order valence-electron chi connectivity index (χ1n) is 10.5. The number of nitrogen functional groups attached to an aromatic ring is 1. The van der Waals surface area contributed by atoms with Crippen molar-refractivity contribution in [2.45, 2.75) is 38.3 Å². The maximum Gasteiger partial charge on any atom is 0.330 e. The highest BCUT2D eigenvalue weighted by molar-refractivity contribution is 7.71. The van der Waals surface area contributed by atoms with Crippen LogP contribution in [0.1, 0.15) is 42.9 Å². The fraction of sp³-hybridized carbons (Fsp3) is 0.304. The van der Waals surface area contributed by atoms with Crippen LogP contribution in [-0.2, 0) is 13.6 Å². The Labute approximate surface area is 190 Å². The maximum absolute atomic E-state index is 13.2. The molecule has 0 saturated heterocycles. The summed E-state index contributed by atoms with van der Waals surface area (Å²) < 4.78 is 16.6. The average molecular weight is 453 g/mol. The Balaban J connectivity index is 1.84. The highest BCUT2D eigenvalue weighted by atomic mass is 32.1. The van der Waals surface area contributed by atoms with Gasteiger partial charge in [0.15, 0.2) is 0 Å². The molecule has 166 valence electrons. The molecule has 0 bridgehead atoms. The Morgan fingerprint density at radius 1 is 1.25 bits per heavy atom. The van der Waals surface area contributed by atoms with Crippen LogP contribution in [0, 0.1) is 10.6 Å². The zero-order valence-electron chi connectivity index (χ0n) is 17.8. The van der Waals surface area contributed by atoms with Gasteiger partial charge in [0.1, 0.15) is 16.3 Å². The summed E-state index contributed by atoms with van der Waals surface area (Å²) in [5.74, 6) is 0.211. The van der Waals surface area contributed by atoms with Crippen LogP contribution in [0.3, 0.4) is 0 Å². The van der Waals surface area contributed by atoms with Gasteiger partial charge in [-0.15, -0.1) is 0 Å². The lowest BCUT2D eigenvalue weighted by Crippen LogP contribution is -2.36. The highest BCUT2D eigenvalue weighted by Gasteiger charge is 2.25. The van der Waals surface area contributed by atoms with Gasteiger partial charge < -0.3 is 11.1 Å². The first-order chi connectivity index (χ1) is 15.5. The zero-order valence-corrected chi connectivity index (χ0v) is 18.6. The molecule has 7 nitrogen and oxygen atoms in total. The van der Waals surface area contributed by atoms with Gasteiger partial charge in [-0.1, -0.05) is 49.3 Å². The molecular formula is C23H25FN6OS. The fourth-order valence-electron chi connectivity index (χ4n) is 4.00. The molecular weight excluding hydrogens is 427 g/mol. The van der Waals surface area contributed by atoms with E-state index in [9.17, 15) is 9.18 Å². The van der Waals surface area contributed by atoms with E-state index in [0.29, 0.717) is 21.9 Å². The van der Waals surface area contributed by atoms with E-state index in [4.69, 9.17) is 22.9 Å². The molecule has 2 aromatic heterocycles. The van der Waals surface area contributed by atoms with E-state index >= 15 is 0 Å². The van der Waals surface area contributed by atoms with Crippen molar-refractivity contribution in [3.63, 3.8) is 0 Å². The number of para-hydroxylation sites is 1. The van der Waals surface area contributed by atoms with Crippen molar-refractivity contribution in [2.24, 2.45) is 12.0 Å². The van der Waals surface area contributed by atoms with Crippen molar-refractivity contribution in [1.82, 2.24) is 14.1 Å². The predicted octanol–water partition coefficient (Wildman–Crippen LogP) is 4.21. The molecule has 3 N–H and O–H groups in total. The number of anilines is 2. The molecule has 0 unspecified atom stereocenters. The number of halogens is 1. The molecule has 1 aliphatic carbocycles. The van der Waals surface area contributed by atoms with E-state index < -0.39 is 5.95 Å². The minimum atomic E-state index is -0.548. The Bertz CT molecular complexity index is 1240. The lowest BCUT2D eigenvalue weighted by Gasteiger charge is -2.22. The largest absolute Gasteiger partial charge is 0.384 e. The van der Waals surface area contributed by atoms with Crippen molar-refractivity contribution in [2.75, 3.05) is 11.1 Å². The van der Waals surface area contributed by atoms with E-state index in [0.717, 1.165) is 36.9 Å². The first-order valence-corrected chi connectivity index (χ1v) is 10.9. The molecule has 0 aliphatic heterocycles. The smallest absolute Gasteiger partial charge is 0.330 e. The lowest BCUT2D eigenvalue weighted by atomic mass is 10.2. The van der Waals surface area contributed by atoms with E-state index in [1.54, 1.807) is 17.7 Å². The van der Waals surface area contributed by atoms with Crippen LogP contribution in [0.5, 0.6) is 0 Å². The van der Waals surface area contributed by atoms with Crippen molar-refractivity contribution in [3.05, 3.63) is 80.9 Å². The third kappa shape index (κ3) is 4.47. The second-order valence-corrected chi connectivity index (χ2v) is 8.25. The molecule has 0 amide bonds. The Morgan fingerprint density at radius 2 is 1.97 bits per heavy atom. The predicted molar refractivity (Wildman–Crippen MR) is 127 cm³/mol. The summed E-state index contributed by atoms with van der Waals surface area (Å²) in [5.41, 5.74) is 8.40. The quantitative estimate of drug-likeness (QED) is 0.262. The minimum Gasteiger partial charge on any atom is -0.384 e. The average Bonchev–Trinajstić information content (AvgIpc) is 3.32. The summed E-state index contributed by atoms with van der Waals surface area (Å²) >= 11 is 5.63. The van der Waals surface area contributed by atoms with Gasteiger partial charge in [0, 0.05) is 25.0 Å². The Kier molecular flexibility index (Phi) is 6.45. The molecule has 3 aromatic rings. The standard InChI is InChI=1S/C23H25FN6OS/c1-29-22(32)19(20(25)30(23(29)31)17-9-5-6-10-17)21(28-16-7-3-2-4-8-16)27-14-15-11-12-18(24)26-13-15/h2-4,7-8,11-13,17H,5-6,9-10,14,25H2,1H3,(H,27,28). The summed E-state index contributed by atoms with van der Waals surface area (Å²) in [7, 11) is 1.66. The minimum absolute atomic E-state index is 0.0438. The van der Waals surface area contributed by atoms with Crippen molar-refractivity contribution < 1.29 is 4.39 Å². The van der Waals surface area contributed by atoms with Crippen molar-refractivity contribution in [1.29, 1.82) is 0 Å². The molecule has 4 rings (SSSR count). The number of nitrogens with one attached hydrogen (secondary N) is 1. The van der Waals surface area contributed by atoms with Crippen LogP contribution in [0.15, 0.2) is 58.4 Å². The van der Waals surface area contributed by atoms with Crippen molar-refractivity contribution >= 4 is 29.6 Å². The van der Waals surface area contributed by atoms with Gasteiger partial charge in [-0.25, -0.2) is 9.78 Å². The molecule has 0 atom stereocenters. The number of hydrogen-bond donors (Lipinski definition) is 2. The summed E-state index contributed by atoms with van der Waals surface area (Å²) in [4.78, 5) is 21.4. The molecule has 0 spiro atoms. The van der Waals surface area contributed by atoms with Gasteiger partial charge in [-0.3, -0.25) is 14.1 Å². The van der Waals surface area contributed by atoms with Crippen LogP contribution < -0.4 is 16.7 Å². The molecule has 1 fully saturated rings. The van der Waals surface area contributed by atoms with E-state index in [1.807, 2.05) is 30.3 Å². The maximum atomic E-state index is 13.2. The number of rotatable bonds is 5. The molecule has 2 heterocycles. The fourth-order valence-corrected chi connectivity index (χ4v) is 4.28. The van der Waals surface area contributed by atoms with E-state index in [1.165, 1.54) is 16.8 Å². The summed E-state index contributed by atoms with van der Waals surface area (Å²) in [6, 6.07) is 12.5. The first kappa shape index (κ1) is 21.9. The van der Waals surface area contributed by atoms with E-state index in [2.05, 4.69) is 10.3 Å². The number of aromatic nitrogens is 3. The van der Waals surface area contributed by atoms with Gasteiger partial charge in [-0.05, 0) is 36.6 Å². The van der Waals surface area contributed by atoms with Gasteiger partial charge in [0.25, 0.3) is 0 Å². The normalized spacial score (nSPS) is 14.6. The van der Waals surface area contributed by atoms with Crippen LogP contribution in [0.2, 0.25) is 0 Å². The third-order valence-corrected chi connectivity index (χ3v) is 6.18. The SMILES string of the molecule is Cn1c(=S)c(C(=NCc2ccc(F)nc2)Nc2ccccc2)c(N)n(C2CCCC2)c1=O. The Morgan fingerprint density at radius 3 is 2.62 bits per heavy atom. The van der Waals surface area contributed by atoms with Crippen LogP contribution in [-0.4, -0.2) is 20.0 Å². The number of nitrogens with zero attached hydrogens (tertiary/aromatic N) is 4. The van der Waals surface area contributed by atoms with Crippen LogP contribution >= 0.6 is 12.2 Å². The molecule has 1 aromatic carbocycles. The number of amidine groups is 1. The third-order valence-electron chi connectivity index (χ3n) is 5.70. The van der Waals surface area contributed by atoms with Crippen LogP contribution in [0.4, 0.5) is 15.9 Å². The lowest BCUT2D eigenvalue weighted by molar-refractivity contribution is 0.482. The summed E-state index contributed by atoms with van der Waals surface area (Å²) in [5, 5.41) is 3.30. The molecule has 32 heavy (non-hydrogen) atoms. The second-order valence-electron chi connectivity index (χ2n) is 7.86. The van der Waals surface area contributed by atoms with Gasteiger partial charge in [-0.2, -0.15) is 4.39 Å². The number of aliphatic imine (C=N–C) groups is 1. The number of hydrogen-bond acceptors (Lipinski definition) is 5. The van der Waals surface area contributed by atoms with Gasteiger partial charge in [0.2, 0.25) is 5.95 Å². The zero-order chi connectivity index (χ0) is 22.7. The number of pyridine rings is 1. The number of benzene rings is 1. The topological polar surface area (TPSA) is 90.2 Å². The van der Waals surface area contributed by atoms with Crippen LogP contribution in [0.25, 0.3) is 0 Å². The Hall–Kier alpha value is -3.33.